The van der Waals surface area contributed by atoms with Crippen LogP contribution in [0.1, 0.15) is 41.3 Å². The summed E-state index contributed by atoms with van der Waals surface area (Å²) in [6, 6.07) is 13.6. The first-order valence-corrected chi connectivity index (χ1v) is 13.0. The summed E-state index contributed by atoms with van der Waals surface area (Å²) in [7, 11) is -3.90. The Kier molecular flexibility index (Phi) is 8.00. The molecule has 0 saturated carbocycles. The van der Waals surface area contributed by atoms with Crippen molar-refractivity contribution in [3.63, 3.8) is 0 Å². The summed E-state index contributed by atoms with van der Waals surface area (Å²) in [6.07, 6.45) is 0.0391. The van der Waals surface area contributed by atoms with E-state index in [1.54, 1.807) is 0 Å². The maximum atomic E-state index is 13.0. The largest absolute Gasteiger partial charge is 0.316 e. The highest BCUT2D eigenvalue weighted by molar-refractivity contribution is 7.89. The molecule has 3 rings (SSSR count). The van der Waals surface area contributed by atoms with Crippen LogP contribution in [-0.2, 0) is 16.6 Å². The number of carbonyl (C=O) groups is 1. The van der Waals surface area contributed by atoms with Gasteiger partial charge in [-0.05, 0) is 62.2 Å². The van der Waals surface area contributed by atoms with Crippen molar-refractivity contribution in [3.05, 3.63) is 57.9 Å². The van der Waals surface area contributed by atoms with Crippen molar-refractivity contribution in [1.82, 2.24) is 8.87 Å². The zero-order valence-electron chi connectivity index (χ0n) is 19.3. The number of benzene rings is 2. The molecule has 2 aromatic carbocycles. The topological polar surface area (TPSA) is 119 Å². The van der Waals surface area contributed by atoms with Crippen LogP contribution in [0, 0.1) is 36.5 Å². The van der Waals surface area contributed by atoms with E-state index in [4.69, 9.17) is 10.5 Å². The predicted molar refractivity (Wildman–Crippen MR) is 131 cm³/mol. The molecule has 176 valence electrons. The number of hydrogen-bond acceptors (Lipinski definition) is 6. The number of thiazole rings is 1. The first-order chi connectivity index (χ1) is 16.2. The molecule has 0 spiro atoms. The molecule has 0 N–H and O–H groups in total. The van der Waals surface area contributed by atoms with Crippen LogP contribution in [0.3, 0.4) is 0 Å². The summed E-state index contributed by atoms with van der Waals surface area (Å²) in [5.41, 5.74) is 3.59. The van der Waals surface area contributed by atoms with E-state index in [0.29, 0.717) is 11.3 Å². The molecule has 0 aliphatic carbocycles. The molecule has 0 unspecified atom stereocenters. The summed E-state index contributed by atoms with van der Waals surface area (Å²) in [4.78, 5) is 17.8. The Morgan fingerprint density at radius 2 is 1.71 bits per heavy atom. The van der Waals surface area contributed by atoms with E-state index in [0.717, 1.165) is 25.6 Å². The summed E-state index contributed by atoms with van der Waals surface area (Å²) >= 11 is 1.45. The second-order valence-electron chi connectivity index (χ2n) is 7.72. The van der Waals surface area contributed by atoms with Gasteiger partial charge in [-0.1, -0.05) is 17.4 Å². The Bertz CT molecular complexity index is 1450. The minimum Gasteiger partial charge on any atom is -0.316 e. The Morgan fingerprint density at radius 1 is 1.09 bits per heavy atom. The smallest absolute Gasteiger partial charge is 0.279 e. The zero-order chi connectivity index (χ0) is 24.9. The van der Waals surface area contributed by atoms with Crippen molar-refractivity contribution >= 4 is 37.5 Å². The number of amides is 1. The summed E-state index contributed by atoms with van der Waals surface area (Å²) < 4.78 is 30.1. The molecule has 1 amide bonds. The van der Waals surface area contributed by atoms with Gasteiger partial charge in [0.1, 0.15) is 0 Å². The fourth-order valence-electron chi connectivity index (χ4n) is 3.74. The van der Waals surface area contributed by atoms with E-state index in [1.807, 2.05) is 37.5 Å². The van der Waals surface area contributed by atoms with Gasteiger partial charge in [0.2, 0.25) is 10.0 Å². The van der Waals surface area contributed by atoms with Crippen molar-refractivity contribution < 1.29 is 13.2 Å². The van der Waals surface area contributed by atoms with Gasteiger partial charge in [-0.25, -0.2) is 8.42 Å². The SMILES string of the molecule is CCn1c(=NC(=O)c2ccc(S(=O)(=O)N(CCC#N)CCC#N)cc2)sc2cc(C)cc(C)c21. The van der Waals surface area contributed by atoms with Gasteiger partial charge in [-0.15, -0.1) is 0 Å². The highest BCUT2D eigenvalue weighted by Crippen LogP contribution is 2.23. The Labute approximate surface area is 203 Å². The van der Waals surface area contributed by atoms with Crippen LogP contribution in [0.2, 0.25) is 0 Å². The summed E-state index contributed by atoms with van der Waals surface area (Å²) in [5, 5.41) is 17.6. The van der Waals surface area contributed by atoms with E-state index in [1.165, 1.54) is 35.6 Å². The number of carbonyl (C=O) groups excluding carboxylic acids is 1. The number of fused-ring (bicyclic) bond motifs is 1. The summed E-state index contributed by atoms with van der Waals surface area (Å²) in [5.74, 6) is -0.460. The molecule has 0 radical (unpaired) electrons. The molecule has 0 aliphatic rings. The molecule has 1 aromatic heterocycles. The molecular formula is C24H25N5O3S2. The van der Waals surface area contributed by atoms with Gasteiger partial charge in [-0.2, -0.15) is 19.8 Å². The van der Waals surface area contributed by atoms with Crippen LogP contribution in [0.5, 0.6) is 0 Å². The van der Waals surface area contributed by atoms with Crippen LogP contribution in [0.15, 0.2) is 46.3 Å². The lowest BCUT2D eigenvalue weighted by molar-refractivity contribution is 0.0997. The fraction of sp³-hybridized carbons (Fsp3) is 0.333. The average Bonchev–Trinajstić information content (AvgIpc) is 3.16. The third-order valence-corrected chi connectivity index (χ3v) is 8.25. The molecule has 3 aromatic rings. The van der Waals surface area contributed by atoms with Gasteiger partial charge in [0, 0.05) is 38.0 Å². The molecule has 0 fully saturated rings. The zero-order valence-corrected chi connectivity index (χ0v) is 20.9. The number of aromatic nitrogens is 1. The summed E-state index contributed by atoms with van der Waals surface area (Å²) in [6.45, 7) is 6.72. The van der Waals surface area contributed by atoms with Crippen molar-refractivity contribution in [2.24, 2.45) is 4.99 Å². The Hall–Kier alpha value is -3.31. The average molecular weight is 496 g/mol. The fourth-order valence-corrected chi connectivity index (χ4v) is 6.45. The van der Waals surface area contributed by atoms with Crippen LogP contribution in [-0.4, -0.2) is 36.3 Å². The van der Waals surface area contributed by atoms with Crippen molar-refractivity contribution in [3.8, 4) is 12.1 Å². The monoisotopic (exact) mass is 495 g/mol. The second-order valence-corrected chi connectivity index (χ2v) is 10.7. The van der Waals surface area contributed by atoms with E-state index < -0.39 is 15.9 Å². The Balaban J connectivity index is 1.94. The lowest BCUT2D eigenvalue weighted by atomic mass is 10.1. The molecule has 0 aliphatic heterocycles. The second kappa shape index (κ2) is 10.7. The predicted octanol–water partition coefficient (Wildman–Crippen LogP) is 3.90. The highest BCUT2D eigenvalue weighted by Gasteiger charge is 2.24. The quantitative estimate of drug-likeness (QED) is 0.469. The number of nitriles is 2. The van der Waals surface area contributed by atoms with E-state index >= 15 is 0 Å². The molecule has 0 atom stereocenters. The van der Waals surface area contributed by atoms with Crippen LogP contribution in [0.25, 0.3) is 10.2 Å². The van der Waals surface area contributed by atoms with Crippen molar-refractivity contribution in [2.75, 3.05) is 13.1 Å². The highest BCUT2D eigenvalue weighted by atomic mass is 32.2. The standard InChI is InChI=1S/C24H25N5O3S2/c1-4-29-22-18(3)15-17(2)16-21(22)33-24(29)27-23(30)19-7-9-20(10-8-19)34(31,32)28(13-5-11-25)14-6-12-26/h7-10,15-16H,4-6,13-14H2,1-3H3. The molecular weight excluding hydrogens is 470 g/mol. The van der Waals surface area contributed by atoms with E-state index in [-0.39, 0.29) is 36.4 Å². The lowest BCUT2D eigenvalue weighted by Gasteiger charge is -2.20. The molecule has 10 heteroatoms. The number of rotatable bonds is 8. The van der Waals surface area contributed by atoms with Gasteiger partial charge in [0.05, 0.1) is 27.3 Å². The molecule has 1 heterocycles. The van der Waals surface area contributed by atoms with Crippen LogP contribution >= 0.6 is 11.3 Å². The van der Waals surface area contributed by atoms with Crippen molar-refractivity contribution in [2.45, 2.75) is 45.1 Å². The maximum absolute atomic E-state index is 13.0. The Morgan fingerprint density at radius 3 is 2.26 bits per heavy atom. The number of hydrogen-bond donors (Lipinski definition) is 0. The van der Waals surface area contributed by atoms with Gasteiger partial charge in [-0.3, -0.25) is 4.79 Å². The van der Waals surface area contributed by atoms with Crippen molar-refractivity contribution in [1.29, 1.82) is 10.5 Å². The maximum Gasteiger partial charge on any atom is 0.279 e. The van der Waals surface area contributed by atoms with E-state index in [9.17, 15) is 13.2 Å². The molecule has 34 heavy (non-hydrogen) atoms. The van der Waals surface area contributed by atoms with Gasteiger partial charge < -0.3 is 4.57 Å². The number of aryl methyl sites for hydroxylation is 3. The van der Waals surface area contributed by atoms with Gasteiger partial charge in [0.25, 0.3) is 5.91 Å². The molecule has 0 saturated heterocycles. The minimum absolute atomic E-state index is 0.00161. The van der Waals surface area contributed by atoms with Crippen LogP contribution < -0.4 is 4.80 Å². The molecule has 0 bridgehead atoms. The number of sulfonamides is 1. The van der Waals surface area contributed by atoms with Crippen LogP contribution in [0.4, 0.5) is 0 Å². The van der Waals surface area contributed by atoms with Gasteiger partial charge >= 0.3 is 0 Å². The normalized spacial score (nSPS) is 12.1. The lowest BCUT2D eigenvalue weighted by Crippen LogP contribution is -2.32. The van der Waals surface area contributed by atoms with E-state index in [2.05, 4.69) is 17.1 Å². The first kappa shape index (κ1) is 25.3. The van der Waals surface area contributed by atoms with Gasteiger partial charge in [0.15, 0.2) is 4.80 Å². The molecule has 8 nitrogen and oxygen atoms in total. The first-order valence-electron chi connectivity index (χ1n) is 10.8. The third-order valence-electron chi connectivity index (χ3n) is 5.31. The third kappa shape index (κ3) is 5.26. The minimum atomic E-state index is -3.90. The number of nitrogens with zero attached hydrogens (tertiary/aromatic N) is 5.